The minimum absolute atomic E-state index is 0.626. The molecule has 0 amide bonds. The Hall–Kier alpha value is -0.500. The summed E-state index contributed by atoms with van der Waals surface area (Å²) in [6.45, 7) is 13.7. The largest absolute Gasteiger partial charge is 0.324 e. The van der Waals surface area contributed by atoms with Crippen molar-refractivity contribution in [2.24, 2.45) is 0 Å². The highest BCUT2D eigenvalue weighted by Crippen LogP contribution is 2.23. The highest BCUT2D eigenvalue weighted by atomic mass is 15.5. The van der Waals surface area contributed by atoms with Crippen molar-refractivity contribution in [1.82, 2.24) is 4.90 Å². The summed E-state index contributed by atoms with van der Waals surface area (Å²) in [5.74, 6) is 0. The van der Waals surface area contributed by atoms with Crippen LogP contribution in [0.3, 0.4) is 0 Å². The topological polar surface area (TPSA) is 3.24 Å². The maximum atomic E-state index is 2.42. The lowest BCUT2D eigenvalue weighted by atomic mass is 10.2. The molecule has 1 aliphatic rings. The van der Waals surface area contributed by atoms with Gasteiger partial charge < -0.3 is 4.90 Å². The summed E-state index contributed by atoms with van der Waals surface area (Å²) >= 11 is 0. The fourth-order valence-electron chi connectivity index (χ4n) is 1.86. The summed E-state index contributed by atoms with van der Waals surface area (Å²) in [4.78, 5) is 2.42. The third-order valence-corrected chi connectivity index (χ3v) is 3.26. The van der Waals surface area contributed by atoms with Gasteiger partial charge in [-0.1, -0.05) is 0 Å². The van der Waals surface area contributed by atoms with E-state index in [9.17, 15) is 0 Å². The van der Waals surface area contributed by atoms with Gasteiger partial charge in [0.15, 0.2) is 6.67 Å². The Kier molecular flexibility index (Phi) is 3.01. The van der Waals surface area contributed by atoms with Crippen LogP contribution in [0.1, 0.15) is 34.6 Å². The van der Waals surface area contributed by atoms with Crippen molar-refractivity contribution in [3.63, 3.8) is 0 Å². The van der Waals surface area contributed by atoms with E-state index in [0.29, 0.717) is 12.1 Å². The van der Waals surface area contributed by atoms with Crippen LogP contribution in [0.15, 0.2) is 12.4 Å². The molecular weight excluding hydrogens is 160 g/mol. The second-order valence-corrected chi connectivity index (χ2v) is 4.56. The maximum Gasteiger partial charge on any atom is 0.158 e. The molecule has 2 heteroatoms. The van der Waals surface area contributed by atoms with Crippen molar-refractivity contribution in [2.75, 3.05) is 13.2 Å². The Bertz CT molecular complexity index is 196. The van der Waals surface area contributed by atoms with Crippen LogP contribution in [0.4, 0.5) is 0 Å². The predicted molar refractivity (Wildman–Crippen MR) is 56.9 cm³/mol. The Morgan fingerprint density at radius 3 is 2.15 bits per heavy atom. The first kappa shape index (κ1) is 10.6. The van der Waals surface area contributed by atoms with Crippen LogP contribution in [0.5, 0.6) is 0 Å². The van der Waals surface area contributed by atoms with Gasteiger partial charge in [-0.15, -0.1) is 0 Å². The van der Waals surface area contributed by atoms with E-state index in [1.165, 1.54) is 6.54 Å². The second kappa shape index (κ2) is 3.70. The molecule has 0 fully saturated rings. The summed E-state index contributed by atoms with van der Waals surface area (Å²) < 4.78 is 1.11. The van der Waals surface area contributed by atoms with Gasteiger partial charge in [0.2, 0.25) is 0 Å². The van der Waals surface area contributed by atoms with Gasteiger partial charge in [0.05, 0.1) is 18.8 Å². The fraction of sp³-hybridized carbons (Fsp3) is 0.818. The van der Waals surface area contributed by atoms with Crippen LogP contribution in [0, 0.1) is 0 Å². The van der Waals surface area contributed by atoms with Crippen LogP contribution < -0.4 is 0 Å². The molecule has 0 saturated heterocycles. The molecule has 1 aliphatic heterocycles. The molecule has 1 heterocycles. The van der Waals surface area contributed by atoms with Crippen LogP contribution in [-0.4, -0.2) is 34.7 Å². The minimum atomic E-state index is 0.626. The van der Waals surface area contributed by atoms with Crippen LogP contribution in [-0.2, 0) is 0 Å². The smallest absolute Gasteiger partial charge is 0.158 e. The Morgan fingerprint density at radius 2 is 1.92 bits per heavy atom. The fourth-order valence-corrected chi connectivity index (χ4v) is 1.86. The number of nitrogens with zero attached hydrogens (tertiary/aromatic N) is 2. The van der Waals surface area contributed by atoms with Crippen molar-refractivity contribution < 1.29 is 4.48 Å². The first-order chi connectivity index (χ1) is 6.02. The molecule has 13 heavy (non-hydrogen) atoms. The molecule has 0 N–H and O–H groups in total. The summed E-state index contributed by atoms with van der Waals surface area (Å²) in [6, 6.07) is 1.31. The highest BCUT2D eigenvalue weighted by molar-refractivity contribution is 4.84. The van der Waals surface area contributed by atoms with Crippen molar-refractivity contribution in [1.29, 1.82) is 0 Å². The van der Waals surface area contributed by atoms with Crippen molar-refractivity contribution in [3.05, 3.63) is 12.4 Å². The van der Waals surface area contributed by atoms with Crippen molar-refractivity contribution >= 4 is 0 Å². The third kappa shape index (κ3) is 1.88. The summed E-state index contributed by atoms with van der Waals surface area (Å²) in [5, 5.41) is 0. The SMILES string of the molecule is CC[N+]1(C(C)C)C=CN(C(C)C)C1. The van der Waals surface area contributed by atoms with Gasteiger partial charge in [0.25, 0.3) is 0 Å². The molecule has 0 spiro atoms. The zero-order valence-corrected chi connectivity index (χ0v) is 9.62. The first-order valence-electron chi connectivity index (χ1n) is 5.33. The molecule has 1 unspecified atom stereocenters. The summed E-state index contributed by atoms with van der Waals surface area (Å²) in [7, 11) is 0. The predicted octanol–water partition coefficient (Wildman–Crippen LogP) is 2.38. The van der Waals surface area contributed by atoms with E-state index in [0.717, 1.165) is 11.2 Å². The van der Waals surface area contributed by atoms with E-state index in [1.807, 2.05) is 0 Å². The van der Waals surface area contributed by atoms with Gasteiger partial charge in [0, 0.05) is 6.04 Å². The molecule has 0 saturated carbocycles. The zero-order chi connectivity index (χ0) is 10.1. The minimum Gasteiger partial charge on any atom is -0.324 e. The van der Waals surface area contributed by atoms with E-state index in [1.54, 1.807) is 0 Å². The Morgan fingerprint density at radius 1 is 1.31 bits per heavy atom. The molecule has 0 aromatic carbocycles. The van der Waals surface area contributed by atoms with E-state index < -0.39 is 0 Å². The number of hydrogen-bond donors (Lipinski definition) is 0. The highest BCUT2D eigenvalue weighted by Gasteiger charge is 2.34. The van der Waals surface area contributed by atoms with Crippen molar-refractivity contribution in [3.8, 4) is 0 Å². The monoisotopic (exact) mass is 183 g/mol. The molecule has 1 rings (SSSR count). The third-order valence-electron chi connectivity index (χ3n) is 3.26. The number of hydrogen-bond acceptors (Lipinski definition) is 1. The van der Waals surface area contributed by atoms with E-state index in [2.05, 4.69) is 51.9 Å². The van der Waals surface area contributed by atoms with Gasteiger partial charge in [-0.25, -0.2) is 0 Å². The molecule has 0 aromatic heterocycles. The Balaban J connectivity index is 2.71. The van der Waals surface area contributed by atoms with E-state index in [-0.39, 0.29) is 0 Å². The zero-order valence-electron chi connectivity index (χ0n) is 9.62. The first-order valence-corrected chi connectivity index (χ1v) is 5.33. The molecule has 0 aromatic rings. The van der Waals surface area contributed by atoms with Gasteiger partial charge in [-0.2, -0.15) is 0 Å². The summed E-state index contributed by atoms with van der Waals surface area (Å²) in [5.41, 5.74) is 0. The standard InChI is InChI=1S/C11H23N2/c1-6-13(11(4)5)8-7-12(9-13)10(2)3/h7-8,10-11H,6,9H2,1-5H3/q+1. The molecule has 0 aliphatic carbocycles. The quantitative estimate of drug-likeness (QED) is 0.607. The van der Waals surface area contributed by atoms with E-state index in [4.69, 9.17) is 0 Å². The van der Waals surface area contributed by atoms with Gasteiger partial charge in [-0.05, 0) is 34.6 Å². The molecule has 0 radical (unpaired) electrons. The number of quaternary nitrogens is 1. The lowest BCUT2D eigenvalue weighted by Gasteiger charge is -2.36. The normalized spacial score (nSPS) is 28.1. The van der Waals surface area contributed by atoms with Gasteiger partial charge >= 0.3 is 0 Å². The average Bonchev–Trinajstić information content (AvgIpc) is 2.49. The summed E-state index contributed by atoms with van der Waals surface area (Å²) in [6.07, 6.45) is 4.61. The Labute approximate surface area is 82.4 Å². The van der Waals surface area contributed by atoms with Crippen LogP contribution in [0.25, 0.3) is 0 Å². The molecular formula is C11H23N2+. The second-order valence-electron chi connectivity index (χ2n) is 4.56. The maximum absolute atomic E-state index is 2.42. The molecule has 2 nitrogen and oxygen atoms in total. The van der Waals surface area contributed by atoms with Crippen LogP contribution >= 0.6 is 0 Å². The van der Waals surface area contributed by atoms with Gasteiger partial charge in [0.1, 0.15) is 6.20 Å². The molecule has 76 valence electrons. The lowest BCUT2D eigenvalue weighted by molar-refractivity contribution is -0.900. The molecule has 0 bridgehead atoms. The number of rotatable bonds is 3. The average molecular weight is 183 g/mol. The van der Waals surface area contributed by atoms with Gasteiger partial charge in [-0.3, -0.25) is 4.48 Å². The van der Waals surface area contributed by atoms with Crippen molar-refractivity contribution in [2.45, 2.75) is 46.7 Å². The lowest BCUT2D eigenvalue weighted by Crippen LogP contribution is -2.50. The molecule has 1 atom stereocenters. The van der Waals surface area contributed by atoms with E-state index >= 15 is 0 Å². The van der Waals surface area contributed by atoms with Crippen LogP contribution in [0.2, 0.25) is 0 Å².